The summed E-state index contributed by atoms with van der Waals surface area (Å²) in [6, 6.07) is 4.33. The summed E-state index contributed by atoms with van der Waals surface area (Å²) in [7, 11) is 0. The fraction of sp³-hybridized carbons (Fsp3) is 0.333. The molecule has 7 nitrogen and oxygen atoms in total. The van der Waals surface area contributed by atoms with Crippen molar-refractivity contribution in [3.8, 4) is 0 Å². The number of halogens is 4. The largest absolute Gasteiger partial charge is 0.364 e. The van der Waals surface area contributed by atoms with Gasteiger partial charge in [0.05, 0.1) is 4.92 Å². The Balaban J connectivity index is 2.50. The quantitative estimate of drug-likeness (QED) is 0.517. The van der Waals surface area contributed by atoms with Gasteiger partial charge in [-0.3, -0.25) is 14.9 Å². The van der Waals surface area contributed by atoms with E-state index in [4.69, 9.17) is 0 Å². The molecule has 0 aliphatic carbocycles. The molecule has 0 radical (unpaired) electrons. The van der Waals surface area contributed by atoms with Crippen molar-refractivity contribution >= 4 is 17.3 Å². The Morgan fingerprint density at radius 3 is 2.48 bits per heavy atom. The van der Waals surface area contributed by atoms with Crippen LogP contribution < -0.4 is 0 Å². The number of amides is 1. The molecule has 124 valence electrons. The lowest BCUT2D eigenvalue weighted by atomic mass is 10.1. The molecule has 1 atom stereocenters. The standard InChI is InChI=1S/C12H9F4N3O4/c13-9(14)7-5-12(21,11(15)16)18(17-7)10(20)6-3-1-2-4-8(6)19(22)23/h1-4,9,11,21H,5H2. The second-order valence-corrected chi connectivity index (χ2v) is 4.64. The second-order valence-electron chi connectivity index (χ2n) is 4.64. The van der Waals surface area contributed by atoms with Crippen LogP contribution in [0.4, 0.5) is 23.2 Å². The summed E-state index contributed by atoms with van der Waals surface area (Å²) >= 11 is 0. The fourth-order valence-corrected chi connectivity index (χ4v) is 2.03. The third kappa shape index (κ3) is 2.86. The lowest BCUT2D eigenvalue weighted by Gasteiger charge is -2.29. The molecule has 0 spiro atoms. The van der Waals surface area contributed by atoms with Crippen molar-refractivity contribution in [1.29, 1.82) is 0 Å². The van der Waals surface area contributed by atoms with Crippen LogP contribution in [0.25, 0.3) is 0 Å². The summed E-state index contributed by atoms with van der Waals surface area (Å²) < 4.78 is 51.4. The Labute approximate surface area is 126 Å². The molecule has 0 saturated carbocycles. The highest BCUT2D eigenvalue weighted by Gasteiger charge is 2.54. The minimum atomic E-state index is -3.60. The third-order valence-corrected chi connectivity index (χ3v) is 3.16. The first-order valence-corrected chi connectivity index (χ1v) is 6.12. The van der Waals surface area contributed by atoms with E-state index in [0.717, 1.165) is 12.1 Å². The van der Waals surface area contributed by atoms with Crippen molar-refractivity contribution in [2.24, 2.45) is 5.10 Å². The predicted octanol–water partition coefficient (Wildman–Crippen LogP) is 2.02. The van der Waals surface area contributed by atoms with Crippen LogP contribution in [0.15, 0.2) is 29.4 Å². The number of hydrogen-bond donors (Lipinski definition) is 1. The van der Waals surface area contributed by atoms with Crippen LogP contribution in [0, 0.1) is 10.1 Å². The van der Waals surface area contributed by atoms with E-state index in [0.29, 0.717) is 0 Å². The molecule has 0 aromatic heterocycles. The monoisotopic (exact) mass is 335 g/mol. The molecule has 0 saturated heterocycles. The van der Waals surface area contributed by atoms with Gasteiger partial charge in [-0.25, -0.2) is 17.6 Å². The second kappa shape index (κ2) is 5.91. The lowest BCUT2D eigenvalue weighted by Crippen LogP contribution is -2.51. The smallest absolute Gasteiger partial charge is 0.287 e. The molecule has 0 bridgehead atoms. The van der Waals surface area contributed by atoms with Crippen molar-refractivity contribution in [3.63, 3.8) is 0 Å². The molecule has 1 amide bonds. The fourth-order valence-electron chi connectivity index (χ4n) is 2.03. The Hall–Kier alpha value is -2.56. The number of carbonyl (C=O) groups is 1. The number of carbonyl (C=O) groups excluding carboxylic acids is 1. The van der Waals surface area contributed by atoms with E-state index in [1.54, 1.807) is 0 Å². The van der Waals surface area contributed by atoms with Gasteiger partial charge in [-0.05, 0) is 6.07 Å². The number of aliphatic hydroxyl groups is 1. The Bertz CT molecular complexity index is 682. The number of nitro benzene ring substituents is 1. The maximum Gasteiger partial charge on any atom is 0.287 e. The molecule has 1 aliphatic rings. The van der Waals surface area contributed by atoms with Gasteiger partial charge in [0.25, 0.3) is 24.4 Å². The number of benzene rings is 1. The van der Waals surface area contributed by atoms with E-state index < -0.39 is 52.8 Å². The zero-order chi connectivity index (χ0) is 17.4. The Morgan fingerprint density at radius 1 is 1.35 bits per heavy atom. The molecule has 11 heteroatoms. The van der Waals surface area contributed by atoms with Crippen LogP contribution in [-0.2, 0) is 0 Å². The van der Waals surface area contributed by atoms with Gasteiger partial charge in [-0.1, -0.05) is 12.1 Å². The SMILES string of the molecule is O=C(c1ccccc1[N+](=O)[O-])N1N=C(C(F)F)CC1(O)C(F)F. The van der Waals surface area contributed by atoms with Crippen molar-refractivity contribution in [2.45, 2.75) is 25.0 Å². The normalized spacial score (nSPS) is 21.0. The van der Waals surface area contributed by atoms with Crippen LogP contribution in [-0.4, -0.2) is 45.2 Å². The average molecular weight is 335 g/mol. The topological polar surface area (TPSA) is 96.0 Å². The number of nitro groups is 1. The molecule has 1 aromatic rings. The van der Waals surface area contributed by atoms with Gasteiger partial charge in [0.1, 0.15) is 11.3 Å². The lowest BCUT2D eigenvalue weighted by molar-refractivity contribution is -0.385. The van der Waals surface area contributed by atoms with Gasteiger partial charge in [-0.2, -0.15) is 10.1 Å². The zero-order valence-electron chi connectivity index (χ0n) is 11.2. The summed E-state index contributed by atoms with van der Waals surface area (Å²) in [5, 5.41) is 23.5. The minimum absolute atomic E-state index is 0.221. The number of nitrogens with zero attached hydrogens (tertiary/aromatic N) is 3. The van der Waals surface area contributed by atoms with E-state index in [1.807, 2.05) is 0 Å². The first kappa shape index (κ1) is 16.8. The number of alkyl halides is 4. The van der Waals surface area contributed by atoms with Crippen molar-refractivity contribution in [1.82, 2.24) is 5.01 Å². The van der Waals surface area contributed by atoms with E-state index in [9.17, 15) is 37.6 Å². The van der Waals surface area contributed by atoms with E-state index >= 15 is 0 Å². The van der Waals surface area contributed by atoms with Gasteiger partial charge < -0.3 is 5.11 Å². The molecule has 0 fully saturated rings. The third-order valence-electron chi connectivity index (χ3n) is 3.16. The summed E-state index contributed by atoms with van der Waals surface area (Å²) in [6.07, 6.45) is -8.12. The maximum absolute atomic E-state index is 13.1. The van der Waals surface area contributed by atoms with E-state index in [1.165, 1.54) is 12.1 Å². The molecular formula is C12H9F4N3O4. The molecule has 2 rings (SSSR count). The van der Waals surface area contributed by atoms with Crippen molar-refractivity contribution < 1.29 is 32.4 Å². The Kier molecular flexibility index (Phi) is 4.32. The van der Waals surface area contributed by atoms with Gasteiger partial charge in [0.15, 0.2) is 0 Å². The van der Waals surface area contributed by atoms with Gasteiger partial charge in [0.2, 0.25) is 5.72 Å². The summed E-state index contributed by atoms with van der Waals surface area (Å²) in [4.78, 5) is 22.2. The zero-order valence-corrected chi connectivity index (χ0v) is 11.2. The number of rotatable bonds is 4. The molecule has 23 heavy (non-hydrogen) atoms. The van der Waals surface area contributed by atoms with Crippen LogP contribution >= 0.6 is 0 Å². The first-order chi connectivity index (χ1) is 10.7. The van der Waals surface area contributed by atoms with E-state index in [2.05, 4.69) is 5.10 Å². The Morgan fingerprint density at radius 2 is 1.96 bits per heavy atom. The van der Waals surface area contributed by atoms with Crippen molar-refractivity contribution in [2.75, 3.05) is 0 Å². The summed E-state index contributed by atoms with van der Waals surface area (Å²) in [5.41, 5.74) is -5.78. The molecule has 1 aliphatic heterocycles. The van der Waals surface area contributed by atoms with E-state index in [-0.39, 0.29) is 5.01 Å². The average Bonchev–Trinajstić information content (AvgIpc) is 2.86. The van der Waals surface area contributed by atoms with Gasteiger partial charge >= 0.3 is 0 Å². The number of hydrazone groups is 1. The first-order valence-electron chi connectivity index (χ1n) is 6.12. The van der Waals surface area contributed by atoms with Gasteiger partial charge in [0, 0.05) is 12.5 Å². The molecule has 1 aromatic carbocycles. The highest BCUT2D eigenvalue weighted by molar-refractivity contribution is 6.01. The van der Waals surface area contributed by atoms with Crippen LogP contribution in [0.3, 0.4) is 0 Å². The van der Waals surface area contributed by atoms with Crippen LogP contribution in [0.2, 0.25) is 0 Å². The molecule has 1 unspecified atom stereocenters. The molecule has 1 N–H and O–H groups in total. The number of hydrogen-bond acceptors (Lipinski definition) is 5. The highest BCUT2D eigenvalue weighted by Crippen LogP contribution is 2.35. The van der Waals surface area contributed by atoms with Crippen LogP contribution in [0.5, 0.6) is 0 Å². The minimum Gasteiger partial charge on any atom is -0.364 e. The highest BCUT2D eigenvalue weighted by atomic mass is 19.3. The van der Waals surface area contributed by atoms with Gasteiger partial charge in [-0.15, -0.1) is 0 Å². The van der Waals surface area contributed by atoms with Crippen molar-refractivity contribution in [3.05, 3.63) is 39.9 Å². The summed E-state index contributed by atoms with van der Waals surface area (Å²) in [6.45, 7) is 0. The molecular weight excluding hydrogens is 326 g/mol. The number of para-hydroxylation sites is 1. The summed E-state index contributed by atoms with van der Waals surface area (Å²) in [5.74, 6) is -1.48. The van der Waals surface area contributed by atoms with Crippen LogP contribution in [0.1, 0.15) is 16.8 Å². The molecule has 1 heterocycles. The predicted molar refractivity (Wildman–Crippen MR) is 68.3 cm³/mol. The maximum atomic E-state index is 13.1.